The van der Waals surface area contributed by atoms with Crippen LogP contribution in [0, 0.1) is 0 Å². The van der Waals surface area contributed by atoms with E-state index in [1.807, 2.05) is 6.92 Å². The molecule has 0 spiro atoms. The summed E-state index contributed by atoms with van der Waals surface area (Å²) in [5, 5.41) is 0. The summed E-state index contributed by atoms with van der Waals surface area (Å²) in [6.07, 6.45) is 2.84. The number of sulfone groups is 1. The van der Waals surface area contributed by atoms with E-state index in [0.717, 1.165) is 11.8 Å². The number of carbonyl (C=O) groups is 1. The Morgan fingerprint density at radius 1 is 1.04 bits per heavy atom. The predicted octanol–water partition coefficient (Wildman–Crippen LogP) is 2.08. The van der Waals surface area contributed by atoms with Crippen molar-refractivity contribution in [3.8, 4) is 0 Å². The highest BCUT2D eigenvalue weighted by Gasteiger charge is 2.33. The maximum atomic E-state index is 12.9. The van der Waals surface area contributed by atoms with Gasteiger partial charge in [-0.25, -0.2) is 16.8 Å². The number of hydrogen-bond donors (Lipinski definition) is 0. The molecule has 0 N–H and O–H groups in total. The smallest absolute Gasteiger partial charge is 0.258 e. The molecule has 1 unspecified atom stereocenters. The summed E-state index contributed by atoms with van der Waals surface area (Å²) in [5.41, 5.74) is 2.41. The zero-order chi connectivity index (χ0) is 20.9. The third-order valence-electron chi connectivity index (χ3n) is 4.79. The molecule has 0 saturated carbocycles. The van der Waals surface area contributed by atoms with Crippen molar-refractivity contribution in [2.45, 2.75) is 24.3 Å². The van der Waals surface area contributed by atoms with Gasteiger partial charge in [0.25, 0.3) is 5.91 Å². The van der Waals surface area contributed by atoms with Crippen LogP contribution in [-0.4, -0.2) is 48.3 Å². The number of anilines is 2. The highest BCUT2D eigenvalue weighted by atomic mass is 32.2. The minimum absolute atomic E-state index is 0.185. The minimum atomic E-state index is -3.38. The molecule has 2 aromatic carbocycles. The van der Waals surface area contributed by atoms with Crippen LogP contribution in [0.5, 0.6) is 0 Å². The first-order valence-electron chi connectivity index (χ1n) is 8.60. The first-order valence-corrected chi connectivity index (χ1v) is 12.3. The van der Waals surface area contributed by atoms with Crippen LogP contribution < -0.4 is 9.21 Å². The average molecular weight is 423 g/mol. The quantitative estimate of drug-likeness (QED) is 0.752. The highest BCUT2D eigenvalue weighted by molar-refractivity contribution is 7.92. The lowest BCUT2D eigenvalue weighted by atomic mass is 10.1. The van der Waals surface area contributed by atoms with Gasteiger partial charge in [0.05, 0.1) is 16.8 Å². The van der Waals surface area contributed by atoms with Crippen LogP contribution in [0.3, 0.4) is 0 Å². The largest absolute Gasteiger partial charge is 0.311 e. The summed E-state index contributed by atoms with van der Waals surface area (Å²) in [6, 6.07) is 10.9. The number of amides is 1. The van der Waals surface area contributed by atoms with Crippen molar-refractivity contribution >= 4 is 37.1 Å². The van der Waals surface area contributed by atoms with E-state index in [1.54, 1.807) is 37.4 Å². The summed E-state index contributed by atoms with van der Waals surface area (Å²) < 4.78 is 48.6. The molecule has 9 heteroatoms. The van der Waals surface area contributed by atoms with Gasteiger partial charge >= 0.3 is 0 Å². The first-order chi connectivity index (χ1) is 12.9. The number of benzene rings is 2. The standard InChI is InChI=1S/C19H22N2O5S2/c1-13-11-15-12-14(5-10-18(15)21(13)28(4,25)26)19(22)20(2)16-6-8-17(9-7-16)27(3,23)24/h5-10,12-13H,11H2,1-4H3. The summed E-state index contributed by atoms with van der Waals surface area (Å²) in [5.74, 6) is -0.264. The fourth-order valence-corrected chi connectivity index (χ4v) is 5.36. The molecule has 0 bridgehead atoms. The molecule has 0 fully saturated rings. The second-order valence-electron chi connectivity index (χ2n) is 7.09. The molecular weight excluding hydrogens is 400 g/mol. The van der Waals surface area contributed by atoms with Gasteiger partial charge in [-0.2, -0.15) is 0 Å². The SMILES string of the molecule is CC1Cc2cc(C(=O)N(C)c3ccc(S(C)(=O)=O)cc3)ccc2N1S(C)(=O)=O. The molecule has 0 aliphatic carbocycles. The summed E-state index contributed by atoms with van der Waals surface area (Å²) in [6.45, 7) is 1.83. The fourth-order valence-electron chi connectivity index (χ4n) is 3.47. The second-order valence-corrected chi connectivity index (χ2v) is 11.0. The molecule has 1 aliphatic rings. The number of rotatable bonds is 4. The zero-order valence-corrected chi connectivity index (χ0v) is 17.7. The Labute approximate surface area is 165 Å². The van der Waals surface area contributed by atoms with Crippen LogP contribution in [0.2, 0.25) is 0 Å². The van der Waals surface area contributed by atoms with Crippen molar-refractivity contribution < 1.29 is 21.6 Å². The number of nitrogens with zero attached hydrogens (tertiary/aromatic N) is 2. The van der Waals surface area contributed by atoms with E-state index >= 15 is 0 Å². The number of sulfonamides is 1. The van der Waals surface area contributed by atoms with Crippen molar-refractivity contribution in [1.82, 2.24) is 0 Å². The molecule has 0 aromatic heterocycles. The molecule has 1 amide bonds. The average Bonchev–Trinajstić information content (AvgIpc) is 2.94. The topological polar surface area (TPSA) is 91.8 Å². The lowest BCUT2D eigenvalue weighted by Gasteiger charge is -2.22. The van der Waals surface area contributed by atoms with Gasteiger partial charge in [0, 0.05) is 30.6 Å². The van der Waals surface area contributed by atoms with E-state index < -0.39 is 19.9 Å². The van der Waals surface area contributed by atoms with E-state index in [-0.39, 0.29) is 16.8 Å². The van der Waals surface area contributed by atoms with Gasteiger partial charge in [-0.05, 0) is 61.4 Å². The lowest BCUT2D eigenvalue weighted by Crippen LogP contribution is -2.34. The minimum Gasteiger partial charge on any atom is -0.311 e. The Hall–Kier alpha value is -2.39. The predicted molar refractivity (Wildman–Crippen MR) is 109 cm³/mol. The summed E-state index contributed by atoms with van der Waals surface area (Å²) >= 11 is 0. The monoisotopic (exact) mass is 422 g/mol. The molecule has 0 radical (unpaired) electrons. The van der Waals surface area contributed by atoms with Crippen LogP contribution in [0.4, 0.5) is 11.4 Å². The van der Waals surface area contributed by atoms with Gasteiger partial charge in [0.2, 0.25) is 10.0 Å². The molecule has 7 nitrogen and oxygen atoms in total. The third-order valence-corrected chi connectivity index (χ3v) is 7.19. The van der Waals surface area contributed by atoms with E-state index in [0.29, 0.717) is 23.4 Å². The van der Waals surface area contributed by atoms with Crippen LogP contribution in [0.25, 0.3) is 0 Å². The molecule has 1 heterocycles. The van der Waals surface area contributed by atoms with Gasteiger partial charge < -0.3 is 4.90 Å². The normalized spacial score (nSPS) is 16.7. The second kappa shape index (κ2) is 6.89. The maximum Gasteiger partial charge on any atom is 0.258 e. The van der Waals surface area contributed by atoms with Gasteiger partial charge in [-0.3, -0.25) is 9.10 Å². The number of carbonyl (C=O) groups excluding carboxylic acids is 1. The van der Waals surface area contributed by atoms with E-state index in [4.69, 9.17) is 0 Å². The Bertz CT molecular complexity index is 1140. The molecule has 0 saturated heterocycles. The van der Waals surface area contributed by atoms with E-state index in [2.05, 4.69) is 0 Å². The zero-order valence-electron chi connectivity index (χ0n) is 16.1. The molecule has 150 valence electrons. The molecule has 1 aliphatic heterocycles. The highest BCUT2D eigenvalue weighted by Crippen LogP contribution is 2.35. The Kier molecular flexibility index (Phi) is 5.01. The van der Waals surface area contributed by atoms with Crippen molar-refractivity contribution in [2.24, 2.45) is 0 Å². The maximum absolute atomic E-state index is 12.9. The molecule has 2 aromatic rings. The van der Waals surface area contributed by atoms with Crippen LogP contribution >= 0.6 is 0 Å². The third kappa shape index (κ3) is 3.77. The Morgan fingerprint density at radius 2 is 1.64 bits per heavy atom. The lowest BCUT2D eigenvalue weighted by molar-refractivity contribution is 0.0993. The van der Waals surface area contributed by atoms with Crippen molar-refractivity contribution in [3.63, 3.8) is 0 Å². The molecule has 1 atom stereocenters. The number of fused-ring (bicyclic) bond motifs is 1. The Balaban J connectivity index is 1.89. The van der Waals surface area contributed by atoms with Gasteiger partial charge in [-0.15, -0.1) is 0 Å². The van der Waals surface area contributed by atoms with E-state index in [9.17, 15) is 21.6 Å². The molecular formula is C19H22N2O5S2. The van der Waals surface area contributed by atoms with Crippen molar-refractivity contribution in [2.75, 3.05) is 28.8 Å². The van der Waals surface area contributed by atoms with Crippen LogP contribution in [-0.2, 0) is 26.3 Å². The van der Waals surface area contributed by atoms with Gasteiger partial charge in [0.15, 0.2) is 9.84 Å². The van der Waals surface area contributed by atoms with Gasteiger partial charge in [0.1, 0.15) is 0 Å². The fraction of sp³-hybridized carbons (Fsp3) is 0.316. The van der Waals surface area contributed by atoms with Crippen molar-refractivity contribution in [1.29, 1.82) is 0 Å². The van der Waals surface area contributed by atoms with Crippen LogP contribution in [0.1, 0.15) is 22.8 Å². The summed E-state index contributed by atoms with van der Waals surface area (Å²) in [7, 11) is -5.08. The first kappa shape index (κ1) is 20.3. The van der Waals surface area contributed by atoms with Gasteiger partial charge in [-0.1, -0.05) is 0 Å². The molecule has 3 rings (SSSR count). The molecule has 28 heavy (non-hydrogen) atoms. The van der Waals surface area contributed by atoms with Crippen molar-refractivity contribution in [3.05, 3.63) is 53.6 Å². The number of hydrogen-bond acceptors (Lipinski definition) is 5. The summed E-state index contributed by atoms with van der Waals surface area (Å²) in [4.78, 5) is 14.5. The Morgan fingerprint density at radius 3 is 2.18 bits per heavy atom. The van der Waals surface area contributed by atoms with Crippen LogP contribution in [0.15, 0.2) is 47.4 Å². The van der Waals surface area contributed by atoms with E-state index in [1.165, 1.54) is 27.6 Å².